The van der Waals surface area contributed by atoms with Gasteiger partial charge in [-0.2, -0.15) is 5.10 Å². The highest BCUT2D eigenvalue weighted by molar-refractivity contribution is 6.06. The monoisotopic (exact) mass is 421 g/mol. The van der Waals surface area contributed by atoms with Gasteiger partial charge in [0.05, 0.1) is 24.3 Å². The summed E-state index contributed by atoms with van der Waals surface area (Å²) in [6, 6.07) is 9.39. The lowest BCUT2D eigenvalue weighted by atomic mass is 9.83. The number of fused-ring (bicyclic) bond motifs is 1. The highest BCUT2D eigenvalue weighted by Gasteiger charge is 2.37. The molecule has 1 aromatic carbocycles. The van der Waals surface area contributed by atoms with Gasteiger partial charge >= 0.3 is 6.03 Å². The number of amides is 3. The summed E-state index contributed by atoms with van der Waals surface area (Å²) in [6.45, 7) is 5.86. The highest BCUT2D eigenvalue weighted by atomic mass is 16.5. The second-order valence-electron chi connectivity index (χ2n) is 8.54. The molecule has 3 amide bonds. The van der Waals surface area contributed by atoms with Crippen LogP contribution in [0.1, 0.15) is 37.0 Å². The molecule has 8 nitrogen and oxygen atoms in total. The van der Waals surface area contributed by atoms with E-state index in [4.69, 9.17) is 4.74 Å². The van der Waals surface area contributed by atoms with Crippen molar-refractivity contribution in [3.05, 3.63) is 59.4 Å². The number of carbonyl (C=O) groups excluding carboxylic acids is 2. The van der Waals surface area contributed by atoms with Crippen LogP contribution in [-0.2, 0) is 22.6 Å². The molecule has 0 spiro atoms. The molecule has 0 aliphatic carbocycles. The van der Waals surface area contributed by atoms with Crippen molar-refractivity contribution in [1.29, 1.82) is 0 Å². The number of hydrogen-bond acceptors (Lipinski definition) is 5. The fraction of sp³-hybridized carbons (Fsp3) is 0.391. The zero-order valence-electron chi connectivity index (χ0n) is 18.1. The predicted molar refractivity (Wildman–Crippen MR) is 117 cm³/mol. The summed E-state index contributed by atoms with van der Waals surface area (Å²) in [7, 11) is 1.61. The summed E-state index contributed by atoms with van der Waals surface area (Å²) in [5, 5.41) is 9.01. The molecule has 0 unspecified atom stereocenters. The van der Waals surface area contributed by atoms with Gasteiger partial charge in [0, 0.05) is 44.7 Å². The zero-order valence-corrected chi connectivity index (χ0v) is 18.1. The van der Waals surface area contributed by atoms with E-state index < -0.39 is 5.41 Å². The molecule has 31 heavy (non-hydrogen) atoms. The Morgan fingerprint density at radius 1 is 1.16 bits per heavy atom. The fourth-order valence-electron chi connectivity index (χ4n) is 3.87. The number of urea groups is 1. The molecule has 3 heterocycles. The Balaban J connectivity index is 1.44. The lowest BCUT2D eigenvalue weighted by molar-refractivity contribution is -0.141. The number of hydrazone groups is 1. The van der Waals surface area contributed by atoms with Crippen molar-refractivity contribution >= 4 is 23.3 Å². The Bertz CT molecular complexity index is 991. The minimum absolute atomic E-state index is 0.000932. The Morgan fingerprint density at radius 2 is 1.90 bits per heavy atom. The molecule has 0 bridgehead atoms. The number of pyridine rings is 1. The second kappa shape index (κ2) is 8.47. The molecule has 0 atom stereocenters. The Hall–Kier alpha value is -3.26. The molecular formula is C23H27N5O3. The minimum Gasteiger partial charge on any atom is -0.383 e. The van der Waals surface area contributed by atoms with Crippen molar-refractivity contribution in [3.63, 3.8) is 0 Å². The van der Waals surface area contributed by atoms with E-state index in [0.717, 1.165) is 22.4 Å². The van der Waals surface area contributed by atoms with Crippen molar-refractivity contribution in [2.24, 2.45) is 10.5 Å². The van der Waals surface area contributed by atoms with Gasteiger partial charge in [-0.15, -0.1) is 0 Å². The molecular weight excluding hydrogens is 394 g/mol. The first-order valence-electron chi connectivity index (χ1n) is 10.3. The number of aromatic nitrogens is 1. The third-order valence-electron chi connectivity index (χ3n) is 5.66. The summed E-state index contributed by atoms with van der Waals surface area (Å²) >= 11 is 0. The van der Waals surface area contributed by atoms with Crippen molar-refractivity contribution in [2.45, 2.75) is 33.4 Å². The number of anilines is 1. The topological polar surface area (TPSA) is 87.1 Å². The van der Waals surface area contributed by atoms with Crippen LogP contribution in [0.2, 0.25) is 0 Å². The second-order valence-corrected chi connectivity index (χ2v) is 8.54. The number of hydrogen-bond donors (Lipinski definition) is 1. The Morgan fingerprint density at radius 3 is 2.61 bits per heavy atom. The third-order valence-corrected chi connectivity index (χ3v) is 5.66. The molecule has 1 aromatic heterocycles. The maximum Gasteiger partial charge on any atom is 0.322 e. The molecule has 2 aliphatic heterocycles. The van der Waals surface area contributed by atoms with E-state index in [1.54, 1.807) is 18.2 Å². The summed E-state index contributed by atoms with van der Waals surface area (Å²) in [5.74, 6) is -0.000932. The van der Waals surface area contributed by atoms with Gasteiger partial charge in [-0.1, -0.05) is 26.0 Å². The van der Waals surface area contributed by atoms with Gasteiger partial charge in [-0.05, 0) is 34.9 Å². The van der Waals surface area contributed by atoms with E-state index in [-0.39, 0.29) is 11.9 Å². The van der Waals surface area contributed by atoms with Gasteiger partial charge in [0.1, 0.15) is 0 Å². The van der Waals surface area contributed by atoms with Gasteiger partial charge in [0.25, 0.3) is 0 Å². The zero-order chi connectivity index (χ0) is 22.0. The predicted octanol–water partition coefficient (Wildman–Crippen LogP) is 3.24. The van der Waals surface area contributed by atoms with E-state index in [9.17, 15) is 9.59 Å². The highest BCUT2D eigenvalue weighted by Crippen LogP contribution is 2.31. The van der Waals surface area contributed by atoms with Crippen molar-refractivity contribution < 1.29 is 14.3 Å². The number of ether oxygens (including phenoxy) is 1. The SMILES string of the molecule is COCCN1N=C(c2ccc(NC(=O)N3Cc4ccncc4C3)cc2)CC(C)(C)C1=O. The van der Waals surface area contributed by atoms with Crippen molar-refractivity contribution in [3.8, 4) is 0 Å². The van der Waals surface area contributed by atoms with Crippen LogP contribution in [0.4, 0.5) is 10.5 Å². The van der Waals surface area contributed by atoms with Crippen LogP contribution in [0.3, 0.4) is 0 Å². The molecule has 0 radical (unpaired) electrons. The smallest absolute Gasteiger partial charge is 0.322 e. The first-order chi connectivity index (χ1) is 14.9. The number of carbonyl (C=O) groups is 2. The van der Waals surface area contributed by atoms with E-state index >= 15 is 0 Å². The van der Waals surface area contributed by atoms with E-state index in [1.165, 1.54) is 5.01 Å². The van der Waals surface area contributed by atoms with Gasteiger partial charge in [0.2, 0.25) is 5.91 Å². The van der Waals surface area contributed by atoms with Gasteiger partial charge in [-0.3, -0.25) is 9.78 Å². The van der Waals surface area contributed by atoms with E-state index in [1.807, 2.05) is 50.4 Å². The summed E-state index contributed by atoms with van der Waals surface area (Å²) < 4.78 is 5.11. The number of nitrogens with zero attached hydrogens (tertiary/aromatic N) is 4. The number of benzene rings is 1. The Labute approximate surface area is 181 Å². The van der Waals surface area contributed by atoms with Crippen molar-refractivity contribution in [1.82, 2.24) is 14.9 Å². The maximum atomic E-state index is 12.6. The average molecular weight is 422 g/mol. The van der Waals surface area contributed by atoms with E-state index in [2.05, 4.69) is 15.4 Å². The lowest BCUT2D eigenvalue weighted by Crippen LogP contribution is -2.45. The Kier molecular flexibility index (Phi) is 5.73. The van der Waals surface area contributed by atoms with Crippen LogP contribution in [0.15, 0.2) is 47.8 Å². The van der Waals surface area contributed by atoms with E-state index in [0.29, 0.717) is 38.3 Å². The number of nitrogens with one attached hydrogen (secondary N) is 1. The fourth-order valence-corrected chi connectivity index (χ4v) is 3.87. The molecule has 2 aliphatic rings. The normalized spacial score (nSPS) is 17.4. The molecule has 1 N–H and O–H groups in total. The minimum atomic E-state index is -0.530. The summed E-state index contributed by atoms with van der Waals surface area (Å²) in [6.07, 6.45) is 4.11. The van der Waals surface area contributed by atoms with Crippen LogP contribution in [0.5, 0.6) is 0 Å². The molecule has 0 saturated heterocycles. The standard InChI is InChI=1S/C23H27N5O3/c1-23(2)12-20(26-28(21(23)29)10-11-31-3)16-4-6-19(7-5-16)25-22(30)27-14-17-8-9-24-13-18(17)15-27/h4-9,13H,10-12,14-15H2,1-3H3,(H,25,30). The van der Waals surface area contributed by atoms with Crippen LogP contribution in [0.25, 0.3) is 0 Å². The van der Waals surface area contributed by atoms with Gasteiger partial charge in [-0.25, -0.2) is 9.80 Å². The van der Waals surface area contributed by atoms with Crippen LogP contribution in [-0.4, -0.2) is 52.8 Å². The maximum absolute atomic E-state index is 12.6. The number of methoxy groups -OCH3 is 1. The van der Waals surface area contributed by atoms with Gasteiger partial charge < -0.3 is 15.0 Å². The number of rotatable bonds is 5. The molecule has 0 fully saturated rings. The first-order valence-corrected chi connectivity index (χ1v) is 10.3. The third kappa shape index (κ3) is 4.44. The van der Waals surface area contributed by atoms with Crippen LogP contribution >= 0.6 is 0 Å². The van der Waals surface area contributed by atoms with Crippen molar-refractivity contribution in [2.75, 3.05) is 25.6 Å². The largest absolute Gasteiger partial charge is 0.383 e. The summed E-state index contributed by atoms with van der Waals surface area (Å²) in [5.41, 5.74) is 4.18. The molecule has 162 valence electrons. The van der Waals surface area contributed by atoms with Gasteiger partial charge in [0.15, 0.2) is 0 Å². The van der Waals surface area contributed by atoms with Crippen LogP contribution in [0, 0.1) is 5.41 Å². The molecule has 4 rings (SSSR count). The average Bonchev–Trinajstić information content (AvgIpc) is 3.20. The molecule has 2 aromatic rings. The van der Waals surface area contributed by atoms with Crippen LogP contribution < -0.4 is 5.32 Å². The summed E-state index contributed by atoms with van der Waals surface area (Å²) in [4.78, 5) is 31.2. The molecule has 8 heteroatoms. The lowest BCUT2D eigenvalue weighted by Gasteiger charge is -2.34. The molecule has 0 saturated carbocycles. The first kappa shape index (κ1) is 21.0. The quantitative estimate of drug-likeness (QED) is 0.803.